The third kappa shape index (κ3) is 4.36. The number of halogens is 1. The van der Waals surface area contributed by atoms with Crippen LogP contribution in [0.1, 0.15) is 39.2 Å². The fourth-order valence-corrected chi connectivity index (χ4v) is 2.46. The maximum absolute atomic E-state index is 6.39. The number of nitrogens with one attached hydrogen (secondary N) is 1. The van der Waals surface area contributed by atoms with Gasteiger partial charge in [-0.25, -0.2) is 4.98 Å². The van der Waals surface area contributed by atoms with E-state index in [2.05, 4.69) is 36.0 Å². The molecule has 106 valence electrons. The predicted molar refractivity (Wildman–Crippen MR) is 81.8 cm³/mol. The third-order valence-corrected chi connectivity index (χ3v) is 3.60. The van der Waals surface area contributed by atoms with Crippen molar-refractivity contribution in [3.05, 3.63) is 22.8 Å². The highest BCUT2D eigenvalue weighted by Gasteiger charge is 2.20. The summed E-state index contributed by atoms with van der Waals surface area (Å²) in [6.45, 7) is 9.36. The minimum Gasteiger partial charge on any atom is -0.355 e. The zero-order valence-corrected chi connectivity index (χ0v) is 12.9. The highest BCUT2D eigenvalue weighted by atomic mass is 35.5. The highest BCUT2D eigenvalue weighted by molar-refractivity contribution is 6.33. The van der Waals surface area contributed by atoms with Gasteiger partial charge in [-0.15, -0.1) is 0 Å². The van der Waals surface area contributed by atoms with Crippen LogP contribution in [0.25, 0.3) is 0 Å². The summed E-state index contributed by atoms with van der Waals surface area (Å²) in [7, 11) is 0. The summed E-state index contributed by atoms with van der Waals surface area (Å²) in [6.07, 6.45) is 4.55. The van der Waals surface area contributed by atoms with Crippen molar-refractivity contribution in [3.8, 4) is 0 Å². The molecule has 1 saturated carbocycles. The third-order valence-electron chi connectivity index (χ3n) is 3.32. The quantitative estimate of drug-likeness (QED) is 0.829. The Kier molecular flexibility index (Phi) is 5.06. The van der Waals surface area contributed by atoms with Gasteiger partial charge in [0.05, 0.1) is 5.02 Å². The molecular formula is C15H24ClN3. The van der Waals surface area contributed by atoms with Crippen LogP contribution in [0.5, 0.6) is 0 Å². The summed E-state index contributed by atoms with van der Waals surface area (Å²) >= 11 is 6.39. The van der Waals surface area contributed by atoms with E-state index in [9.17, 15) is 0 Å². The van der Waals surface area contributed by atoms with Crippen LogP contribution in [-0.4, -0.2) is 24.1 Å². The summed E-state index contributed by atoms with van der Waals surface area (Å²) < 4.78 is 0. The van der Waals surface area contributed by atoms with Crippen molar-refractivity contribution < 1.29 is 0 Å². The van der Waals surface area contributed by atoms with E-state index in [4.69, 9.17) is 11.6 Å². The van der Waals surface area contributed by atoms with Gasteiger partial charge in [-0.3, -0.25) is 0 Å². The van der Waals surface area contributed by atoms with Gasteiger partial charge in [0.15, 0.2) is 0 Å². The number of anilines is 1. The van der Waals surface area contributed by atoms with Gasteiger partial charge < -0.3 is 10.2 Å². The van der Waals surface area contributed by atoms with Gasteiger partial charge in [-0.05, 0) is 37.3 Å². The van der Waals surface area contributed by atoms with E-state index in [1.165, 1.54) is 18.4 Å². The molecule has 0 aliphatic heterocycles. The molecule has 1 aliphatic carbocycles. The fraction of sp³-hybridized carbons (Fsp3) is 0.667. The molecule has 2 rings (SSSR count). The van der Waals surface area contributed by atoms with Crippen molar-refractivity contribution in [2.75, 3.05) is 18.0 Å². The zero-order chi connectivity index (χ0) is 13.8. The molecule has 0 spiro atoms. The lowest BCUT2D eigenvalue weighted by atomic mass is 10.2. The average molecular weight is 282 g/mol. The SMILES string of the molecule is CCN(CC(C)C)c1ncc(CNC2CC2)cc1Cl. The summed E-state index contributed by atoms with van der Waals surface area (Å²) in [5.41, 5.74) is 1.17. The second-order valence-electron chi connectivity index (χ2n) is 5.74. The minimum atomic E-state index is 0.606. The van der Waals surface area contributed by atoms with Crippen LogP contribution in [0.3, 0.4) is 0 Å². The molecule has 1 heterocycles. The second-order valence-corrected chi connectivity index (χ2v) is 6.14. The lowest BCUT2D eigenvalue weighted by molar-refractivity contribution is 0.614. The van der Waals surface area contributed by atoms with Crippen molar-refractivity contribution >= 4 is 17.4 Å². The van der Waals surface area contributed by atoms with E-state index >= 15 is 0 Å². The van der Waals surface area contributed by atoms with Crippen molar-refractivity contribution in [2.24, 2.45) is 5.92 Å². The molecule has 0 unspecified atom stereocenters. The lowest BCUT2D eigenvalue weighted by Crippen LogP contribution is -2.28. The van der Waals surface area contributed by atoms with Crippen LogP contribution in [0.15, 0.2) is 12.3 Å². The Morgan fingerprint density at radius 3 is 2.74 bits per heavy atom. The van der Waals surface area contributed by atoms with Crippen LogP contribution >= 0.6 is 11.6 Å². The molecule has 0 radical (unpaired) electrons. The summed E-state index contributed by atoms with van der Waals surface area (Å²) in [5.74, 6) is 1.52. The normalized spacial score (nSPS) is 15.0. The Labute approximate surface area is 121 Å². The van der Waals surface area contributed by atoms with E-state index in [1.54, 1.807) is 0 Å². The van der Waals surface area contributed by atoms with Crippen LogP contribution in [0.2, 0.25) is 5.02 Å². The van der Waals surface area contributed by atoms with Gasteiger partial charge in [-0.1, -0.05) is 25.4 Å². The number of nitrogens with zero attached hydrogens (tertiary/aromatic N) is 2. The molecule has 1 N–H and O–H groups in total. The molecule has 0 bridgehead atoms. The second kappa shape index (κ2) is 6.58. The van der Waals surface area contributed by atoms with Crippen LogP contribution in [-0.2, 0) is 6.54 Å². The Hall–Kier alpha value is -0.800. The molecule has 1 aromatic rings. The maximum atomic E-state index is 6.39. The van der Waals surface area contributed by atoms with Gasteiger partial charge in [0.25, 0.3) is 0 Å². The molecule has 1 aliphatic rings. The minimum absolute atomic E-state index is 0.606. The van der Waals surface area contributed by atoms with Crippen LogP contribution in [0.4, 0.5) is 5.82 Å². The number of aromatic nitrogens is 1. The van der Waals surface area contributed by atoms with Gasteiger partial charge in [0, 0.05) is 31.9 Å². The van der Waals surface area contributed by atoms with Crippen molar-refractivity contribution in [1.82, 2.24) is 10.3 Å². The first-order valence-electron chi connectivity index (χ1n) is 7.23. The van der Waals surface area contributed by atoms with Gasteiger partial charge in [0.1, 0.15) is 5.82 Å². The molecule has 0 amide bonds. The first-order chi connectivity index (χ1) is 9.10. The molecule has 1 aromatic heterocycles. The molecule has 19 heavy (non-hydrogen) atoms. The van der Waals surface area contributed by atoms with E-state index in [0.717, 1.165) is 30.5 Å². The molecule has 4 heteroatoms. The first kappa shape index (κ1) is 14.6. The van der Waals surface area contributed by atoms with Crippen molar-refractivity contribution in [1.29, 1.82) is 0 Å². The predicted octanol–water partition coefficient (Wildman–Crippen LogP) is 3.47. The van der Waals surface area contributed by atoms with Crippen LogP contribution in [0, 0.1) is 5.92 Å². The topological polar surface area (TPSA) is 28.2 Å². The van der Waals surface area contributed by atoms with E-state index in [0.29, 0.717) is 12.0 Å². The highest BCUT2D eigenvalue weighted by Crippen LogP contribution is 2.25. The number of hydrogen-bond donors (Lipinski definition) is 1. The molecule has 1 fully saturated rings. The Bertz CT molecular complexity index is 416. The van der Waals surface area contributed by atoms with Crippen molar-refractivity contribution in [3.63, 3.8) is 0 Å². The van der Waals surface area contributed by atoms with Gasteiger partial charge in [-0.2, -0.15) is 0 Å². The van der Waals surface area contributed by atoms with E-state index in [-0.39, 0.29) is 0 Å². The largest absolute Gasteiger partial charge is 0.355 e. The summed E-state index contributed by atoms with van der Waals surface area (Å²) in [4.78, 5) is 6.80. The average Bonchev–Trinajstić information content (AvgIpc) is 3.18. The Morgan fingerprint density at radius 1 is 1.47 bits per heavy atom. The smallest absolute Gasteiger partial charge is 0.147 e. The number of rotatable bonds is 7. The molecule has 0 aromatic carbocycles. The fourth-order valence-electron chi connectivity index (χ4n) is 2.16. The van der Waals surface area contributed by atoms with Gasteiger partial charge >= 0.3 is 0 Å². The first-order valence-corrected chi connectivity index (χ1v) is 7.60. The maximum Gasteiger partial charge on any atom is 0.147 e. The molecule has 0 saturated heterocycles. The van der Waals surface area contributed by atoms with E-state index < -0.39 is 0 Å². The summed E-state index contributed by atoms with van der Waals surface area (Å²) in [5, 5.41) is 4.24. The standard InChI is InChI=1S/C15H24ClN3/c1-4-19(10-11(2)3)15-14(16)7-12(9-18-15)8-17-13-5-6-13/h7,9,11,13,17H,4-6,8,10H2,1-3H3. The zero-order valence-electron chi connectivity index (χ0n) is 12.1. The van der Waals surface area contributed by atoms with Crippen LogP contribution < -0.4 is 10.2 Å². The Balaban J connectivity index is 2.03. The number of pyridine rings is 1. The number of hydrogen-bond acceptors (Lipinski definition) is 3. The molecule has 3 nitrogen and oxygen atoms in total. The molecular weight excluding hydrogens is 258 g/mol. The van der Waals surface area contributed by atoms with Crippen molar-refractivity contribution in [2.45, 2.75) is 46.2 Å². The lowest BCUT2D eigenvalue weighted by Gasteiger charge is -2.25. The monoisotopic (exact) mass is 281 g/mol. The van der Waals surface area contributed by atoms with E-state index in [1.807, 2.05) is 12.3 Å². The summed E-state index contributed by atoms with van der Waals surface area (Å²) in [6, 6.07) is 2.76. The van der Waals surface area contributed by atoms with Gasteiger partial charge in [0.2, 0.25) is 0 Å². The Morgan fingerprint density at radius 2 is 2.21 bits per heavy atom. The molecule has 0 atom stereocenters.